The summed E-state index contributed by atoms with van der Waals surface area (Å²) in [7, 11) is 1.85. The van der Waals surface area contributed by atoms with Crippen LogP contribution in [0.3, 0.4) is 0 Å². The first kappa shape index (κ1) is 21.4. The average molecular weight is 438 g/mol. The van der Waals surface area contributed by atoms with E-state index >= 15 is 0 Å². The second kappa shape index (κ2) is 10.4. The van der Waals surface area contributed by atoms with Crippen molar-refractivity contribution in [3.05, 3.63) is 34.3 Å². The van der Waals surface area contributed by atoms with Crippen LogP contribution in [0, 0.1) is 5.92 Å². The molecule has 27 heavy (non-hydrogen) atoms. The maximum atomic E-state index is 12.4. The van der Waals surface area contributed by atoms with Crippen molar-refractivity contribution in [2.75, 3.05) is 33.2 Å². The Bertz CT molecular complexity index is 672. The zero-order valence-electron chi connectivity index (χ0n) is 16.0. The van der Waals surface area contributed by atoms with Crippen molar-refractivity contribution in [2.45, 2.75) is 32.6 Å². The number of likely N-dealkylation sites (tertiary alicyclic amines) is 1. The van der Waals surface area contributed by atoms with Crippen molar-refractivity contribution >= 4 is 33.7 Å². The molecule has 0 bridgehead atoms. The molecule has 0 atom stereocenters. The number of benzene rings is 1. The maximum absolute atomic E-state index is 12.4. The van der Waals surface area contributed by atoms with Crippen LogP contribution in [-0.2, 0) is 9.59 Å². The molecule has 0 saturated carbocycles. The zero-order valence-corrected chi connectivity index (χ0v) is 17.6. The van der Waals surface area contributed by atoms with E-state index in [0.717, 1.165) is 23.9 Å². The number of nitrogens with zero attached hydrogens (tertiary/aromatic N) is 2. The predicted octanol–water partition coefficient (Wildman–Crippen LogP) is 2.68. The Morgan fingerprint density at radius 1 is 1.26 bits per heavy atom. The van der Waals surface area contributed by atoms with Gasteiger partial charge in [0.15, 0.2) is 0 Å². The number of hydrogen-bond donors (Lipinski definition) is 1. The minimum atomic E-state index is -0.271. The topological polar surface area (TPSA) is 69.7 Å². The molecule has 1 fully saturated rings. The van der Waals surface area contributed by atoms with Gasteiger partial charge in [-0.05, 0) is 37.5 Å². The molecule has 1 aliphatic rings. The van der Waals surface area contributed by atoms with E-state index < -0.39 is 0 Å². The summed E-state index contributed by atoms with van der Waals surface area (Å²) in [4.78, 5) is 40.5. The predicted molar refractivity (Wildman–Crippen MR) is 108 cm³/mol. The van der Waals surface area contributed by atoms with Crippen molar-refractivity contribution in [1.82, 2.24) is 15.1 Å². The fourth-order valence-corrected chi connectivity index (χ4v) is 3.59. The van der Waals surface area contributed by atoms with Gasteiger partial charge in [0.2, 0.25) is 11.8 Å². The van der Waals surface area contributed by atoms with Crippen molar-refractivity contribution in [3.8, 4) is 0 Å². The number of rotatable bonds is 7. The highest BCUT2D eigenvalue weighted by atomic mass is 79.9. The molecule has 7 heteroatoms. The zero-order chi connectivity index (χ0) is 19.8. The second-order valence-electron chi connectivity index (χ2n) is 6.96. The largest absolute Gasteiger partial charge is 0.346 e. The van der Waals surface area contributed by atoms with E-state index in [2.05, 4.69) is 28.2 Å². The van der Waals surface area contributed by atoms with Crippen LogP contribution in [-0.4, -0.2) is 60.7 Å². The van der Waals surface area contributed by atoms with E-state index in [0.29, 0.717) is 31.5 Å². The summed E-state index contributed by atoms with van der Waals surface area (Å²) in [5.74, 6) is -0.207. The lowest BCUT2D eigenvalue weighted by Gasteiger charge is -2.33. The molecule has 0 unspecified atom stereocenters. The van der Waals surface area contributed by atoms with E-state index in [1.165, 1.54) is 0 Å². The van der Waals surface area contributed by atoms with Gasteiger partial charge < -0.3 is 15.1 Å². The van der Waals surface area contributed by atoms with Gasteiger partial charge in [-0.15, -0.1) is 0 Å². The molecule has 0 aromatic heterocycles. The molecule has 1 heterocycles. The SMILES string of the molecule is CCCCN(C)C(=O)C1CCN(C(=O)CNC(=O)c2cccc(Br)c2)CC1. The van der Waals surface area contributed by atoms with Crippen LogP contribution in [0.4, 0.5) is 0 Å². The Kier molecular flexibility index (Phi) is 8.28. The third-order valence-electron chi connectivity index (χ3n) is 4.91. The van der Waals surface area contributed by atoms with E-state index in [1.54, 1.807) is 23.1 Å². The molecule has 1 aromatic rings. The van der Waals surface area contributed by atoms with Gasteiger partial charge >= 0.3 is 0 Å². The number of unbranched alkanes of at least 4 members (excludes halogenated alkanes) is 1. The summed E-state index contributed by atoms with van der Waals surface area (Å²) in [5.41, 5.74) is 0.511. The summed E-state index contributed by atoms with van der Waals surface area (Å²) < 4.78 is 0.817. The van der Waals surface area contributed by atoms with Gasteiger partial charge in [0.1, 0.15) is 0 Å². The molecular formula is C20H28BrN3O3. The molecule has 2 rings (SSSR count). The van der Waals surface area contributed by atoms with Gasteiger partial charge in [0.25, 0.3) is 5.91 Å². The van der Waals surface area contributed by atoms with Gasteiger partial charge in [-0.2, -0.15) is 0 Å². The fraction of sp³-hybridized carbons (Fsp3) is 0.550. The summed E-state index contributed by atoms with van der Waals surface area (Å²) >= 11 is 3.33. The molecule has 0 spiro atoms. The quantitative estimate of drug-likeness (QED) is 0.712. The molecule has 1 aliphatic heterocycles. The van der Waals surface area contributed by atoms with Crippen molar-refractivity contribution in [3.63, 3.8) is 0 Å². The maximum Gasteiger partial charge on any atom is 0.251 e. The van der Waals surface area contributed by atoms with Crippen molar-refractivity contribution in [2.24, 2.45) is 5.92 Å². The Hall–Kier alpha value is -1.89. The Balaban J connectivity index is 1.76. The number of halogens is 1. The van der Waals surface area contributed by atoms with E-state index in [9.17, 15) is 14.4 Å². The van der Waals surface area contributed by atoms with Crippen LogP contribution >= 0.6 is 15.9 Å². The Morgan fingerprint density at radius 2 is 1.96 bits per heavy atom. The van der Waals surface area contributed by atoms with Crippen LogP contribution in [0.15, 0.2) is 28.7 Å². The molecule has 1 N–H and O–H groups in total. The standard InChI is InChI=1S/C20H28BrN3O3/c1-3-4-10-23(2)20(27)15-8-11-24(12-9-15)18(25)14-22-19(26)16-6-5-7-17(21)13-16/h5-7,13,15H,3-4,8-12,14H2,1-2H3,(H,22,26). The summed E-state index contributed by atoms with van der Waals surface area (Å²) in [6.45, 7) is 3.99. The van der Waals surface area contributed by atoms with Crippen molar-refractivity contribution < 1.29 is 14.4 Å². The van der Waals surface area contributed by atoms with E-state index in [-0.39, 0.29) is 30.2 Å². The lowest BCUT2D eigenvalue weighted by atomic mass is 9.95. The first-order valence-electron chi connectivity index (χ1n) is 9.49. The van der Waals surface area contributed by atoms with Gasteiger partial charge in [-0.1, -0.05) is 35.3 Å². The molecular weight excluding hydrogens is 410 g/mol. The summed E-state index contributed by atoms with van der Waals surface area (Å²) in [6, 6.07) is 7.04. The van der Waals surface area contributed by atoms with Gasteiger partial charge in [-0.25, -0.2) is 0 Å². The van der Waals surface area contributed by atoms with Crippen LogP contribution in [0.2, 0.25) is 0 Å². The molecule has 1 aromatic carbocycles. The number of hydrogen-bond acceptors (Lipinski definition) is 3. The first-order chi connectivity index (χ1) is 12.9. The highest BCUT2D eigenvalue weighted by Crippen LogP contribution is 2.19. The summed E-state index contributed by atoms with van der Waals surface area (Å²) in [6.07, 6.45) is 3.44. The molecule has 1 saturated heterocycles. The lowest BCUT2D eigenvalue weighted by Crippen LogP contribution is -2.46. The molecule has 148 valence electrons. The highest BCUT2D eigenvalue weighted by molar-refractivity contribution is 9.10. The van der Waals surface area contributed by atoms with Crippen LogP contribution in [0.1, 0.15) is 43.0 Å². The second-order valence-corrected chi connectivity index (χ2v) is 7.88. The third kappa shape index (κ3) is 6.34. The third-order valence-corrected chi connectivity index (χ3v) is 5.40. The smallest absolute Gasteiger partial charge is 0.251 e. The molecule has 3 amide bonds. The van der Waals surface area contributed by atoms with E-state index in [1.807, 2.05) is 18.0 Å². The number of carbonyl (C=O) groups is 3. The highest BCUT2D eigenvalue weighted by Gasteiger charge is 2.28. The van der Waals surface area contributed by atoms with Gasteiger partial charge in [-0.3, -0.25) is 14.4 Å². The van der Waals surface area contributed by atoms with E-state index in [4.69, 9.17) is 0 Å². The Labute approximate surface area is 169 Å². The van der Waals surface area contributed by atoms with Crippen LogP contribution in [0.5, 0.6) is 0 Å². The minimum absolute atomic E-state index is 0.00725. The van der Waals surface area contributed by atoms with Crippen LogP contribution in [0.25, 0.3) is 0 Å². The minimum Gasteiger partial charge on any atom is -0.346 e. The normalized spacial score (nSPS) is 14.7. The number of nitrogens with one attached hydrogen (secondary N) is 1. The lowest BCUT2D eigenvalue weighted by molar-refractivity contribution is -0.139. The van der Waals surface area contributed by atoms with Gasteiger partial charge in [0.05, 0.1) is 6.54 Å². The van der Waals surface area contributed by atoms with Gasteiger partial charge in [0, 0.05) is 42.6 Å². The average Bonchev–Trinajstić information content (AvgIpc) is 2.69. The molecule has 6 nitrogen and oxygen atoms in total. The Morgan fingerprint density at radius 3 is 2.59 bits per heavy atom. The fourth-order valence-electron chi connectivity index (χ4n) is 3.19. The molecule has 0 radical (unpaired) electrons. The van der Waals surface area contributed by atoms with Crippen LogP contribution < -0.4 is 5.32 Å². The number of piperidine rings is 1. The monoisotopic (exact) mass is 437 g/mol. The van der Waals surface area contributed by atoms with Crippen molar-refractivity contribution in [1.29, 1.82) is 0 Å². The number of carbonyl (C=O) groups excluding carboxylic acids is 3. The first-order valence-corrected chi connectivity index (χ1v) is 10.3. The number of amides is 3. The summed E-state index contributed by atoms with van der Waals surface area (Å²) in [5, 5.41) is 2.67. The molecule has 0 aliphatic carbocycles.